The molecule has 4 rings (SSSR count). The number of halogens is 1. The Labute approximate surface area is 252 Å². The number of hydrogen-bond donors (Lipinski definition) is 3. The molecule has 9 nitrogen and oxygen atoms in total. The number of imidazole rings is 1. The van der Waals surface area contributed by atoms with Gasteiger partial charge in [-0.3, -0.25) is 9.59 Å². The zero-order chi connectivity index (χ0) is 28.9. The topological polar surface area (TPSA) is 116 Å². The number of alkyl carbamates (subject to hydrolysis) is 1. The second kappa shape index (κ2) is 15.6. The van der Waals surface area contributed by atoms with Gasteiger partial charge in [0.25, 0.3) is 0 Å². The molecule has 0 bridgehead atoms. The number of aromatic amines is 1. The van der Waals surface area contributed by atoms with E-state index in [-0.39, 0.29) is 32.0 Å². The van der Waals surface area contributed by atoms with Crippen LogP contribution in [0.1, 0.15) is 22.4 Å². The molecule has 0 aliphatic heterocycles. The molecule has 0 aliphatic rings. The fourth-order valence-corrected chi connectivity index (χ4v) is 4.55. The molecule has 0 saturated carbocycles. The zero-order valence-corrected chi connectivity index (χ0v) is 24.6. The maximum atomic E-state index is 13.9. The third-order valence-corrected chi connectivity index (χ3v) is 7.01. The van der Waals surface area contributed by atoms with Crippen molar-refractivity contribution in [3.8, 4) is 0 Å². The molecular formula is C31H32IN5O4. The van der Waals surface area contributed by atoms with Crippen molar-refractivity contribution in [1.29, 1.82) is 0 Å². The first kappa shape index (κ1) is 29.8. The van der Waals surface area contributed by atoms with Crippen LogP contribution in [0.4, 0.5) is 4.79 Å². The fourth-order valence-electron chi connectivity index (χ4n) is 4.19. The van der Waals surface area contributed by atoms with E-state index in [0.29, 0.717) is 18.7 Å². The highest BCUT2D eigenvalue weighted by molar-refractivity contribution is 14.1. The number of carbonyl (C=O) groups excluding carboxylic acids is 3. The van der Waals surface area contributed by atoms with Gasteiger partial charge in [0.2, 0.25) is 11.8 Å². The number of H-pyrrole nitrogens is 1. The lowest BCUT2D eigenvalue weighted by atomic mass is 10.1. The van der Waals surface area contributed by atoms with Gasteiger partial charge in [-0.25, -0.2) is 9.78 Å². The summed E-state index contributed by atoms with van der Waals surface area (Å²) < 4.78 is 6.45. The lowest BCUT2D eigenvalue weighted by Gasteiger charge is -2.27. The highest BCUT2D eigenvalue weighted by Crippen LogP contribution is 2.12. The highest BCUT2D eigenvalue weighted by Gasteiger charge is 2.29. The number of hydrogen-bond acceptors (Lipinski definition) is 5. The Hall–Kier alpha value is -4.19. The number of nitrogens with zero attached hydrogens (tertiary/aromatic N) is 2. The molecule has 1 heterocycles. The molecule has 3 aromatic carbocycles. The number of benzene rings is 3. The minimum absolute atomic E-state index is 0.0633. The zero-order valence-electron chi connectivity index (χ0n) is 22.5. The summed E-state index contributed by atoms with van der Waals surface area (Å²) in [6, 6.07) is 25.9. The number of aromatic nitrogens is 2. The summed E-state index contributed by atoms with van der Waals surface area (Å²) in [4.78, 5) is 48.1. The third-order valence-electron chi connectivity index (χ3n) is 6.29. The van der Waals surface area contributed by atoms with Crippen LogP contribution >= 0.6 is 22.6 Å². The lowest BCUT2D eigenvalue weighted by molar-refractivity contribution is -0.138. The second-order valence-electron chi connectivity index (χ2n) is 9.45. The third kappa shape index (κ3) is 10.1. The van der Waals surface area contributed by atoms with Crippen molar-refractivity contribution < 1.29 is 19.1 Å². The first-order valence-electron chi connectivity index (χ1n) is 13.2. The second-order valence-corrected chi connectivity index (χ2v) is 10.7. The predicted molar refractivity (Wildman–Crippen MR) is 164 cm³/mol. The van der Waals surface area contributed by atoms with Crippen LogP contribution in [0.5, 0.6) is 0 Å². The van der Waals surface area contributed by atoms with Crippen LogP contribution in [0.25, 0.3) is 0 Å². The molecule has 0 saturated heterocycles. The van der Waals surface area contributed by atoms with Gasteiger partial charge in [0.1, 0.15) is 12.6 Å². The SMILES string of the molecule is O=C(CN(Cc1ccc(I)cc1)C(=O)[C@H](Cc1cnc[nH]1)NC(=O)OCc1ccccc1)NCCc1ccccc1. The van der Waals surface area contributed by atoms with Gasteiger partial charge in [-0.15, -0.1) is 0 Å². The molecule has 41 heavy (non-hydrogen) atoms. The number of carbonyl (C=O) groups is 3. The van der Waals surface area contributed by atoms with Crippen molar-refractivity contribution in [3.05, 3.63) is 123 Å². The summed E-state index contributed by atoms with van der Waals surface area (Å²) >= 11 is 2.22. The Morgan fingerprint density at radius 3 is 2.24 bits per heavy atom. The molecule has 0 fully saturated rings. The van der Waals surface area contributed by atoms with Crippen molar-refractivity contribution in [2.45, 2.75) is 32.0 Å². The average Bonchev–Trinajstić information content (AvgIpc) is 3.50. The smallest absolute Gasteiger partial charge is 0.408 e. The molecule has 0 spiro atoms. The van der Waals surface area contributed by atoms with Crippen LogP contribution < -0.4 is 10.6 Å². The quantitative estimate of drug-likeness (QED) is 0.185. The van der Waals surface area contributed by atoms with Crippen LogP contribution in [0.2, 0.25) is 0 Å². The Balaban J connectivity index is 1.46. The van der Waals surface area contributed by atoms with E-state index in [9.17, 15) is 14.4 Å². The molecule has 1 aromatic heterocycles. The van der Waals surface area contributed by atoms with Gasteiger partial charge >= 0.3 is 6.09 Å². The molecule has 4 aromatic rings. The number of rotatable bonds is 13. The van der Waals surface area contributed by atoms with Crippen LogP contribution in [0, 0.1) is 3.57 Å². The van der Waals surface area contributed by atoms with E-state index in [1.165, 1.54) is 11.2 Å². The molecule has 3 N–H and O–H groups in total. The van der Waals surface area contributed by atoms with Gasteiger partial charge in [-0.05, 0) is 57.8 Å². The van der Waals surface area contributed by atoms with E-state index >= 15 is 0 Å². The van der Waals surface area contributed by atoms with Crippen molar-refractivity contribution in [2.75, 3.05) is 13.1 Å². The molecule has 0 unspecified atom stereocenters. The van der Waals surface area contributed by atoms with Gasteiger partial charge in [-0.2, -0.15) is 0 Å². The summed E-state index contributed by atoms with van der Waals surface area (Å²) in [5.41, 5.74) is 3.46. The van der Waals surface area contributed by atoms with E-state index in [2.05, 4.69) is 43.2 Å². The highest BCUT2D eigenvalue weighted by atomic mass is 127. The van der Waals surface area contributed by atoms with E-state index in [1.807, 2.05) is 84.9 Å². The van der Waals surface area contributed by atoms with E-state index in [0.717, 1.165) is 20.3 Å². The Morgan fingerprint density at radius 1 is 0.902 bits per heavy atom. The van der Waals surface area contributed by atoms with Crippen molar-refractivity contribution in [2.24, 2.45) is 0 Å². The monoisotopic (exact) mass is 665 g/mol. The van der Waals surface area contributed by atoms with E-state index < -0.39 is 18.0 Å². The average molecular weight is 666 g/mol. The molecule has 0 radical (unpaired) electrons. The van der Waals surface area contributed by atoms with Crippen LogP contribution in [0.3, 0.4) is 0 Å². The first-order valence-corrected chi connectivity index (χ1v) is 14.3. The summed E-state index contributed by atoms with van der Waals surface area (Å²) in [5.74, 6) is -0.695. The predicted octanol–water partition coefficient (Wildman–Crippen LogP) is 4.24. The largest absolute Gasteiger partial charge is 0.445 e. The summed E-state index contributed by atoms with van der Waals surface area (Å²) in [6.07, 6.45) is 3.20. The first-order chi connectivity index (χ1) is 20.0. The number of nitrogens with one attached hydrogen (secondary N) is 3. The molecule has 212 valence electrons. The van der Waals surface area contributed by atoms with E-state index in [1.54, 1.807) is 6.20 Å². The lowest BCUT2D eigenvalue weighted by Crippen LogP contribution is -2.52. The normalized spacial score (nSPS) is 11.3. The fraction of sp³-hybridized carbons (Fsp3) is 0.226. The standard InChI is InChI=1S/C31H32IN5O4/c32-26-13-11-24(12-14-26)19-37(20-29(38)34-16-15-23-7-3-1-4-8-23)30(39)28(17-27-18-33-22-35-27)36-31(40)41-21-25-9-5-2-6-10-25/h1-14,18,22,28H,15-17,19-21H2,(H,33,35)(H,34,38)(H,36,40)/t28-/m0/s1. The molecule has 10 heteroatoms. The van der Waals surface area contributed by atoms with Gasteiger partial charge < -0.3 is 25.3 Å². The van der Waals surface area contributed by atoms with Crippen molar-refractivity contribution in [3.63, 3.8) is 0 Å². The molecule has 3 amide bonds. The summed E-state index contributed by atoms with van der Waals surface area (Å²) in [6.45, 7) is 0.534. The van der Waals surface area contributed by atoms with Crippen LogP contribution in [-0.2, 0) is 40.3 Å². The van der Waals surface area contributed by atoms with E-state index in [4.69, 9.17) is 4.74 Å². The Morgan fingerprint density at radius 2 is 1.59 bits per heavy atom. The Bertz CT molecular complexity index is 1380. The minimum atomic E-state index is -0.986. The van der Waals surface area contributed by atoms with Crippen molar-refractivity contribution in [1.82, 2.24) is 25.5 Å². The molecular weight excluding hydrogens is 633 g/mol. The van der Waals surface area contributed by atoms with Crippen LogP contribution in [-0.4, -0.2) is 51.9 Å². The maximum Gasteiger partial charge on any atom is 0.408 e. The number of ether oxygens (including phenoxy) is 1. The molecule has 0 aliphatic carbocycles. The molecule has 1 atom stereocenters. The van der Waals surface area contributed by atoms with Crippen molar-refractivity contribution >= 4 is 40.5 Å². The van der Waals surface area contributed by atoms with Gasteiger partial charge in [-0.1, -0.05) is 72.8 Å². The maximum absolute atomic E-state index is 13.9. The van der Waals surface area contributed by atoms with Gasteiger partial charge in [0, 0.05) is 35.0 Å². The van der Waals surface area contributed by atoms with Crippen LogP contribution in [0.15, 0.2) is 97.5 Å². The minimum Gasteiger partial charge on any atom is -0.445 e. The van der Waals surface area contributed by atoms with Gasteiger partial charge in [0.05, 0.1) is 12.9 Å². The summed E-state index contributed by atoms with van der Waals surface area (Å²) in [7, 11) is 0. The number of amides is 3. The van der Waals surface area contributed by atoms with Gasteiger partial charge in [0.15, 0.2) is 0 Å². The Kier molecular flexibility index (Phi) is 11.3. The summed E-state index contributed by atoms with van der Waals surface area (Å²) in [5, 5.41) is 5.62.